The summed E-state index contributed by atoms with van der Waals surface area (Å²) >= 11 is 0. The van der Waals surface area contributed by atoms with Crippen LogP contribution in [0, 0.1) is 0 Å². The highest BCUT2D eigenvalue weighted by atomic mass is 16.5. The second kappa shape index (κ2) is 5.24. The van der Waals surface area contributed by atoms with Crippen molar-refractivity contribution in [1.82, 2.24) is 4.98 Å². The van der Waals surface area contributed by atoms with Crippen LogP contribution in [0.3, 0.4) is 0 Å². The third-order valence-corrected chi connectivity index (χ3v) is 2.54. The van der Waals surface area contributed by atoms with Gasteiger partial charge in [0.15, 0.2) is 0 Å². The number of hydrogen-bond donors (Lipinski definition) is 1. The SMILES string of the molecule is CCC(C)(C)OCc1cccc(CN)n1. The highest BCUT2D eigenvalue weighted by Gasteiger charge is 2.15. The van der Waals surface area contributed by atoms with Crippen molar-refractivity contribution in [3.05, 3.63) is 29.6 Å². The molecular formula is C12H20N2O. The maximum Gasteiger partial charge on any atom is 0.0895 e. The van der Waals surface area contributed by atoms with Crippen molar-refractivity contribution in [3.8, 4) is 0 Å². The van der Waals surface area contributed by atoms with Crippen molar-refractivity contribution >= 4 is 0 Å². The first-order valence-electron chi connectivity index (χ1n) is 5.36. The van der Waals surface area contributed by atoms with Gasteiger partial charge in [-0.2, -0.15) is 0 Å². The lowest BCUT2D eigenvalue weighted by Crippen LogP contribution is -2.23. The maximum atomic E-state index is 5.76. The van der Waals surface area contributed by atoms with Crippen molar-refractivity contribution in [2.45, 2.75) is 45.9 Å². The predicted octanol–water partition coefficient (Wildman–Crippen LogP) is 2.25. The van der Waals surface area contributed by atoms with Crippen LogP contribution in [0.25, 0.3) is 0 Å². The number of ether oxygens (including phenoxy) is 1. The molecule has 0 unspecified atom stereocenters. The van der Waals surface area contributed by atoms with Gasteiger partial charge in [0.2, 0.25) is 0 Å². The van der Waals surface area contributed by atoms with E-state index in [0.717, 1.165) is 17.8 Å². The molecule has 0 bridgehead atoms. The van der Waals surface area contributed by atoms with Gasteiger partial charge in [-0.05, 0) is 32.4 Å². The fourth-order valence-corrected chi connectivity index (χ4v) is 1.09. The number of nitrogens with two attached hydrogens (primary N) is 1. The Kier molecular flexibility index (Phi) is 4.24. The Bertz CT molecular complexity index is 310. The minimum Gasteiger partial charge on any atom is -0.369 e. The molecule has 0 spiro atoms. The molecule has 0 atom stereocenters. The Morgan fingerprint density at radius 3 is 2.60 bits per heavy atom. The number of hydrogen-bond acceptors (Lipinski definition) is 3. The summed E-state index contributed by atoms with van der Waals surface area (Å²) in [6, 6.07) is 5.85. The summed E-state index contributed by atoms with van der Waals surface area (Å²) in [6.07, 6.45) is 0.990. The van der Waals surface area contributed by atoms with Gasteiger partial charge < -0.3 is 10.5 Å². The van der Waals surface area contributed by atoms with Crippen LogP contribution in [0.15, 0.2) is 18.2 Å². The van der Waals surface area contributed by atoms with Crippen LogP contribution >= 0.6 is 0 Å². The van der Waals surface area contributed by atoms with E-state index in [1.165, 1.54) is 0 Å². The lowest BCUT2D eigenvalue weighted by molar-refractivity contribution is -0.0330. The van der Waals surface area contributed by atoms with Gasteiger partial charge in [-0.15, -0.1) is 0 Å². The molecule has 2 N–H and O–H groups in total. The van der Waals surface area contributed by atoms with Crippen LogP contribution in [0.1, 0.15) is 38.6 Å². The van der Waals surface area contributed by atoms with Gasteiger partial charge in [-0.1, -0.05) is 13.0 Å². The van der Waals surface area contributed by atoms with Gasteiger partial charge >= 0.3 is 0 Å². The first kappa shape index (κ1) is 12.1. The van der Waals surface area contributed by atoms with Crippen LogP contribution in [0.5, 0.6) is 0 Å². The number of pyridine rings is 1. The zero-order valence-corrected chi connectivity index (χ0v) is 9.79. The monoisotopic (exact) mass is 208 g/mol. The van der Waals surface area contributed by atoms with E-state index in [0.29, 0.717) is 13.2 Å². The van der Waals surface area contributed by atoms with Crippen molar-refractivity contribution in [1.29, 1.82) is 0 Å². The molecule has 0 saturated carbocycles. The van der Waals surface area contributed by atoms with Crippen molar-refractivity contribution in [2.75, 3.05) is 0 Å². The van der Waals surface area contributed by atoms with E-state index in [9.17, 15) is 0 Å². The fourth-order valence-electron chi connectivity index (χ4n) is 1.09. The number of rotatable bonds is 5. The van der Waals surface area contributed by atoms with E-state index in [-0.39, 0.29) is 5.60 Å². The summed E-state index contributed by atoms with van der Waals surface area (Å²) in [7, 11) is 0. The molecule has 3 nitrogen and oxygen atoms in total. The zero-order valence-electron chi connectivity index (χ0n) is 9.79. The Balaban J connectivity index is 2.57. The molecule has 0 aliphatic carbocycles. The molecule has 0 aromatic carbocycles. The molecule has 3 heteroatoms. The van der Waals surface area contributed by atoms with Gasteiger partial charge in [-0.3, -0.25) is 4.98 Å². The predicted molar refractivity (Wildman–Crippen MR) is 61.3 cm³/mol. The molecule has 0 aliphatic heterocycles. The Morgan fingerprint density at radius 1 is 1.33 bits per heavy atom. The standard InChI is InChI=1S/C12H20N2O/c1-4-12(2,3)15-9-11-7-5-6-10(8-13)14-11/h5-7H,4,8-9,13H2,1-3H3. The molecule has 1 aromatic heterocycles. The summed E-state index contributed by atoms with van der Waals surface area (Å²) < 4.78 is 5.76. The maximum absolute atomic E-state index is 5.76. The topological polar surface area (TPSA) is 48.1 Å². The number of nitrogens with zero attached hydrogens (tertiary/aromatic N) is 1. The van der Waals surface area contributed by atoms with E-state index >= 15 is 0 Å². The summed E-state index contributed by atoms with van der Waals surface area (Å²) in [5.74, 6) is 0. The molecular weight excluding hydrogens is 188 g/mol. The van der Waals surface area contributed by atoms with E-state index in [1.807, 2.05) is 18.2 Å². The van der Waals surface area contributed by atoms with Crippen LogP contribution in [0.2, 0.25) is 0 Å². The minimum absolute atomic E-state index is 0.0829. The minimum atomic E-state index is -0.0829. The molecule has 0 amide bonds. The molecule has 84 valence electrons. The summed E-state index contributed by atoms with van der Waals surface area (Å²) in [4.78, 5) is 4.38. The summed E-state index contributed by atoms with van der Waals surface area (Å²) in [6.45, 7) is 7.31. The smallest absolute Gasteiger partial charge is 0.0895 e. The molecule has 1 aromatic rings. The lowest BCUT2D eigenvalue weighted by Gasteiger charge is -2.23. The summed E-state index contributed by atoms with van der Waals surface area (Å²) in [5, 5.41) is 0. The highest BCUT2D eigenvalue weighted by Crippen LogP contribution is 2.15. The lowest BCUT2D eigenvalue weighted by atomic mass is 10.1. The van der Waals surface area contributed by atoms with E-state index in [2.05, 4.69) is 25.8 Å². The molecule has 1 rings (SSSR count). The molecule has 0 radical (unpaired) electrons. The summed E-state index contributed by atoms with van der Waals surface area (Å²) in [5.41, 5.74) is 7.29. The van der Waals surface area contributed by atoms with Gasteiger partial charge in [0.05, 0.1) is 23.6 Å². The molecule has 1 heterocycles. The van der Waals surface area contributed by atoms with Crippen LogP contribution in [0.4, 0.5) is 0 Å². The molecule has 0 aliphatic rings. The Morgan fingerprint density at radius 2 is 2.00 bits per heavy atom. The average molecular weight is 208 g/mol. The van der Waals surface area contributed by atoms with E-state index in [1.54, 1.807) is 0 Å². The highest BCUT2D eigenvalue weighted by molar-refractivity contribution is 5.10. The van der Waals surface area contributed by atoms with E-state index < -0.39 is 0 Å². The second-order valence-corrected chi connectivity index (χ2v) is 4.23. The first-order valence-corrected chi connectivity index (χ1v) is 5.36. The van der Waals surface area contributed by atoms with Crippen LogP contribution in [-0.2, 0) is 17.9 Å². The molecule has 0 saturated heterocycles. The molecule has 15 heavy (non-hydrogen) atoms. The molecule has 0 fully saturated rings. The number of aromatic nitrogens is 1. The zero-order chi connectivity index (χ0) is 11.3. The Labute approximate surface area is 91.7 Å². The quantitative estimate of drug-likeness (QED) is 0.807. The van der Waals surface area contributed by atoms with Gasteiger partial charge in [0.1, 0.15) is 0 Å². The first-order chi connectivity index (χ1) is 7.07. The van der Waals surface area contributed by atoms with Gasteiger partial charge in [-0.25, -0.2) is 0 Å². The van der Waals surface area contributed by atoms with Gasteiger partial charge in [0, 0.05) is 6.54 Å². The third-order valence-electron chi connectivity index (χ3n) is 2.54. The van der Waals surface area contributed by atoms with Crippen molar-refractivity contribution in [3.63, 3.8) is 0 Å². The van der Waals surface area contributed by atoms with Crippen molar-refractivity contribution < 1.29 is 4.74 Å². The van der Waals surface area contributed by atoms with Crippen LogP contribution < -0.4 is 5.73 Å². The average Bonchev–Trinajstić information content (AvgIpc) is 2.27. The van der Waals surface area contributed by atoms with Gasteiger partial charge in [0.25, 0.3) is 0 Å². The van der Waals surface area contributed by atoms with Crippen LogP contribution in [-0.4, -0.2) is 10.6 Å². The van der Waals surface area contributed by atoms with E-state index in [4.69, 9.17) is 10.5 Å². The Hall–Kier alpha value is -0.930. The fraction of sp³-hybridized carbons (Fsp3) is 0.583. The normalized spacial score (nSPS) is 11.7. The van der Waals surface area contributed by atoms with Crippen molar-refractivity contribution in [2.24, 2.45) is 5.73 Å². The second-order valence-electron chi connectivity index (χ2n) is 4.23. The third kappa shape index (κ3) is 3.98. The largest absolute Gasteiger partial charge is 0.369 e.